The Kier molecular flexibility index (Phi) is 4.54. The minimum absolute atomic E-state index is 0.254. The number of unbranched alkanes of at least 4 members (excludes halogenated alkanes) is 3. The van der Waals surface area contributed by atoms with Gasteiger partial charge in [0, 0.05) is 18.2 Å². The molecule has 1 aliphatic rings. The van der Waals surface area contributed by atoms with Gasteiger partial charge in [-0.15, -0.1) is 0 Å². The van der Waals surface area contributed by atoms with Crippen LogP contribution in [0.15, 0.2) is 18.2 Å². The van der Waals surface area contributed by atoms with Gasteiger partial charge in [0.2, 0.25) is 0 Å². The highest BCUT2D eigenvalue weighted by atomic mass is 14.9. The third-order valence-electron chi connectivity index (χ3n) is 4.30. The van der Waals surface area contributed by atoms with Gasteiger partial charge < -0.3 is 5.32 Å². The number of rotatable bonds is 5. The molecule has 0 aliphatic carbocycles. The lowest BCUT2D eigenvalue weighted by Gasteiger charge is -2.21. The van der Waals surface area contributed by atoms with Gasteiger partial charge in [0.25, 0.3) is 0 Å². The predicted octanol–water partition coefficient (Wildman–Crippen LogP) is 5.46. The standard InChI is InChI=1S/C18H29N/c1-5-6-7-8-9-14-13-19-17-11-10-15(12-16(14)17)18(2,3)4/h10-12,14,19H,5-9,13H2,1-4H3. The van der Waals surface area contributed by atoms with E-state index in [1.165, 1.54) is 43.4 Å². The topological polar surface area (TPSA) is 12.0 Å². The molecule has 1 N–H and O–H groups in total. The van der Waals surface area contributed by atoms with Gasteiger partial charge in [-0.25, -0.2) is 0 Å². The molecule has 2 rings (SSSR count). The van der Waals surface area contributed by atoms with Crippen LogP contribution in [0.3, 0.4) is 0 Å². The smallest absolute Gasteiger partial charge is 0.0376 e. The number of hydrogen-bond acceptors (Lipinski definition) is 1. The van der Waals surface area contributed by atoms with Crippen LogP contribution in [0.2, 0.25) is 0 Å². The highest BCUT2D eigenvalue weighted by Crippen LogP contribution is 2.37. The van der Waals surface area contributed by atoms with E-state index in [1.54, 1.807) is 5.56 Å². The van der Waals surface area contributed by atoms with Gasteiger partial charge in [-0.05, 0) is 29.0 Å². The summed E-state index contributed by atoms with van der Waals surface area (Å²) in [4.78, 5) is 0. The quantitative estimate of drug-likeness (QED) is 0.692. The first-order valence-corrected chi connectivity index (χ1v) is 7.90. The molecule has 106 valence electrons. The van der Waals surface area contributed by atoms with Crippen molar-refractivity contribution in [2.75, 3.05) is 11.9 Å². The molecule has 1 aliphatic heterocycles. The second kappa shape index (κ2) is 5.98. The average molecular weight is 259 g/mol. The van der Waals surface area contributed by atoms with E-state index in [2.05, 4.69) is 51.2 Å². The zero-order valence-electron chi connectivity index (χ0n) is 13.1. The van der Waals surface area contributed by atoms with E-state index in [-0.39, 0.29) is 5.41 Å². The van der Waals surface area contributed by atoms with Crippen molar-refractivity contribution in [2.45, 2.75) is 71.1 Å². The van der Waals surface area contributed by atoms with Crippen molar-refractivity contribution >= 4 is 5.69 Å². The summed E-state index contributed by atoms with van der Waals surface area (Å²) in [6.07, 6.45) is 6.82. The van der Waals surface area contributed by atoms with E-state index < -0.39 is 0 Å². The largest absolute Gasteiger partial charge is 0.384 e. The fraction of sp³-hybridized carbons (Fsp3) is 0.667. The molecule has 0 saturated carbocycles. The summed E-state index contributed by atoms with van der Waals surface area (Å²) in [5, 5.41) is 3.57. The first-order chi connectivity index (χ1) is 9.02. The maximum absolute atomic E-state index is 3.57. The molecule has 0 bridgehead atoms. The van der Waals surface area contributed by atoms with E-state index >= 15 is 0 Å². The number of fused-ring (bicyclic) bond motifs is 1. The van der Waals surface area contributed by atoms with Gasteiger partial charge in [-0.1, -0.05) is 65.5 Å². The van der Waals surface area contributed by atoms with Crippen LogP contribution in [-0.4, -0.2) is 6.54 Å². The lowest BCUT2D eigenvalue weighted by molar-refractivity contribution is 0.571. The van der Waals surface area contributed by atoms with Crippen LogP contribution in [0, 0.1) is 0 Å². The van der Waals surface area contributed by atoms with Crippen LogP contribution in [-0.2, 0) is 5.41 Å². The Labute approximate surface area is 118 Å². The van der Waals surface area contributed by atoms with Crippen LogP contribution in [0.25, 0.3) is 0 Å². The van der Waals surface area contributed by atoms with Crippen LogP contribution >= 0.6 is 0 Å². The van der Waals surface area contributed by atoms with E-state index in [0.29, 0.717) is 0 Å². The first kappa shape index (κ1) is 14.4. The average Bonchev–Trinajstić information content (AvgIpc) is 2.76. The predicted molar refractivity (Wildman–Crippen MR) is 85.1 cm³/mol. The van der Waals surface area contributed by atoms with Crippen LogP contribution in [0.5, 0.6) is 0 Å². The zero-order valence-corrected chi connectivity index (χ0v) is 13.1. The Morgan fingerprint density at radius 3 is 2.63 bits per heavy atom. The summed E-state index contributed by atoms with van der Waals surface area (Å²) in [6, 6.07) is 7.01. The minimum atomic E-state index is 0.254. The number of hydrogen-bond donors (Lipinski definition) is 1. The molecular weight excluding hydrogens is 230 g/mol. The molecule has 1 heteroatoms. The SMILES string of the molecule is CCCCCCC1CNc2ccc(C(C)(C)C)cc21. The third kappa shape index (κ3) is 3.52. The Bertz CT molecular complexity index is 414. The van der Waals surface area contributed by atoms with Crippen molar-refractivity contribution in [3.63, 3.8) is 0 Å². The molecule has 1 atom stereocenters. The second-order valence-corrected chi connectivity index (χ2v) is 6.98. The maximum atomic E-state index is 3.57. The van der Waals surface area contributed by atoms with Crippen molar-refractivity contribution in [3.05, 3.63) is 29.3 Å². The first-order valence-electron chi connectivity index (χ1n) is 7.90. The summed E-state index contributed by atoms with van der Waals surface area (Å²) in [5.41, 5.74) is 4.65. The Balaban J connectivity index is 2.05. The highest BCUT2D eigenvalue weighted by molar-refractivity contribution is 5.59. The normalized spacial score (nSPS) is 18.2. The molecule has 19 heavy (non-hydrogen) atoms. The summed E-state index contributed by atoms with van der Waals surface area (Å²) < 4.78 is 0. The molecule has 1 aromatic carbocycles. The summed E-state index contributed by atoms with van der Waals surface area (Å²) in [5.74, 6) is 0.731. The summed E-state index contributed by atoms with van der Waals surface area (Å²) in [6.45, 7) is 10.3. The highest BCUT2D eigenvalue weighted by Gasteiger charge is 2.24. The van der Waals surface area contributed by atoms with Crippen LogP contribution in [0.1, 0.15) is 76.8 Å². The van der Waals surface area contributed by atoms with Crippen molar-refractivity contribution in [3.8, 4) is 0 Å². The van der Waals surface area contributed by atoms with Crippen molar-refractivity contribution in [1.29, 1.82) is 0 Å². The molecule has 1 nitrogen and oxygen atoms in total. The molecule has 0 spiro atoms. The van der Waals surface area contributed by atoms with Crippen molar-refractivity contribution in [1.82, 2.24) is 0 Å². The summed E-state index contributed by atoms with van der Waals surface area (Å²) >= 11 is 0. The maximum Gasteiger partial charge on any atom is 0.0376 e. The third-order valence-corrected chi connectivity index (χ3v) is 4.30. The molecular formula is C18H29N. The van der Waals surface area contributed by atoms with E-state index in [0.717, 1.165) is 12.5 Å². The minimum Gasteiger partial charge on any atom is -0.384 e. The van der Waals surface area contributed by atoms with Crippen LogP contribution < -0.4 is 5.32 Å². The molecule has 0 fully saturated rings. The fourth-order valence-electron chi connectivity index (χ4n) is 2.95. The lowest BCUT2D eigenvalue weighted by Crippen LogP contribution is -2.11. The Morgan fingerprint density at radius 1 is 1.16 bits per heavy atom. The van der Waals surface area contributed by atoms with E-state index in [1.807, 2.05) is 0 Å². The Morgan fingerprint density at radius 2 is 1.95 bits per heavy atom. The monoisotopic (exact) mass is 259 g/mol. The van der Waals surface area contributed by atoms with Crippen molar-refractivity contribution in [2.24, 2.45) is 0 Å². The van der Waals surface area contributed by atoms with Crippen LogP contribution in [0.4, 0.5) is 5.69 Å². The lowest BCUT2D eigenvalue weighted by atomic mass is 9.84. The van der Waals surface area contributed by atoms with Gasteiger partial charge in [0.1, 0.15) is 0 Å². The molecule has 1 heterocycles. The van der Waals surface area contributed by atoms with E-state index in [9.17, 15) is 0 Å². The molecule has 0 saturated heterocycles. The van der Waals surface area contributed by atoms with Gasteiger partial charge in [-0.3, -0.25) is 0 Å². The Hall–Kier alpha value is -0.980. The molecule has 0 aromatic heterocycles. The fourth-order valence-corrected chi connectivity index (χ4v) is 2.95. The molecule has 1 unspecified atom stereocenters. The number of anilines is 1. The zero-order chi connectivity index (χ0) is 13.9. The molecule has 0 radical (unpaired) electrons. The van der Waals surface area contributed by atoms with Gasteiger partial charge in [0.15, 0.2) is 0 Å². The van der Waals surface area contributed by atoms with E-state index in [4.69, 9.17) is 0 Å². The summed E-state index contributed by atoms with van der Waals surface area (Å²) in [7, 11) is 0. The molecule has 0 amide bonds. The molecule has 1 aromatic rings. The van der Waals surface area contributed by atoms with Gasteiger partial charge in [-0.2, -0.15) is 0 Å². The number of nitrogens with one attached hydrogen (secondary N) is 1. The number of benzene rings is 1. The second-order valence-electron chi connectivity index (χ2n) is 6.98. The van der Waals surface area contributed by atoms with Gasteiger partial charge >= 0.3 is 0 Å². The van der Waals surface area contributed by atoms with Crippen molar-refractivity contribution < 1.29 is 0 Å². The van der Waals surface area contributed by atoms with Gasteiger partial charge in [0.05, 0.1) is 0 Å².